The van der Waals surface area contributed by atoms with Gasteiger partial charge in [-0.1, -0.05) is 53.5 Å². The molecule has 1 heterocycles. The molecule has 0 saturated carbocycles. The highest BCUT2D eigenvalue weighted by atomic mass is 35.5. The third kappa shape index (κ3) is 5.02. The Hall–Kier alpha value is -4.46. The van der Waals surface area contributed by atoms with Crippen molar-refractivity contribution in [2.45, 2.75) is 6.04 Å². The number of halogens is 2. The van der Waals surface area contributed by atoms with Crippen LogP contribution in [-0.2, 0) is 9.59 Å². The number of amides is 1. The van der Waals surface area contributed by atoms with Gasteiger partial charge in [0.25, 0.3) is 11.7 Å². The van der Waals surface area contributed by atoms with Gasteiger partial charge in [0.05, 0.1) is 29.3 Å². The highest BCUT2D eigenvalue weighted by molar-refractivity contribution is 6.52. The molecule has 0 aromatic heterocycles. The Morgan fingerprint density at radius 2 is 1.51 bits per heavy atom. The minimum atomic E-state index is -1.03. The predicted molar refractivity (Wildman–Crippen MR) is 149 cm³/mol. The van der Waals surface area contributed by atoms with Crippen LogP contribution in [-0.4, -0.2) is 29.0 Å². The third-order valence-corrected chi connectivity index (χ3v) is 6.71. The number of ether oxygens (including phenoxy) is 2. The highest BCUT2D eigenvalue weighted by Gasteiger charge is 2.47. The standard InChI is InChI=1S/C30H21Cl2NO6/c1-38-29-23(15-18(31)16-24(29)32)27(35)25-26(17-7-11-20(34)12-8-17)33(30(37)28(25)36)19-9-13-22(14-10-19)39-21-5-3-2-4-6-21/h2-16,26,34-35H,1H3/b27-25+. The molecule has 1 atom stereocenters. The van der Waals surface area contributed by atoms with Gasteiger partial charge in [-0.3, -0.25) is 14.5 Å². The van der Waals surface area contributed by atoms with E-state index in [2.05, 4.69) is 0 Å². The van der Waals surface area contributed by atoms with E-state index in [0.717, 1.165) is 0 Å². The van der Waals surface area contributed by atoms with E-state index in [1.165, 1.54) is 36.3 Å². The number of aromatic hydroxyl groups is 1. The molecule has 0 aliphatic carbocycles. The lowest BCUT2D eigenvalue weighted by atomic mass is 9.94. The number of ketones is 1. The van der Waals surface area contributed by atoms with Crippen LogP contribution in [0.2, 0.25) is 10.0 Å². The van der Waals surface area contributed by atoms with E-state index in [1.54, 1.807) is 36.4 Å². The molecule has 2 N–H and O–H groups in total. The summed E-state index contributed by atoms with van der Waals surface area (Å²) in [5.41, 5.74) is 0.742. The zero-order chi connectivity index (χ0) is 27.7. The number of phenolic OH excluding ortho intramolecular Hbond substituents is 1. The molecule has 1 amide bonds. The van der Waals surface area contributed by atoms with Crippen LogP contribution in [0, 0.1) is 0 Å². The molecular formula is C30H21Cl2NO6. The minimum absolute atomic E-state index is 0.00130. The van der Waals surface area contributed by atoms with E-state index in [1.807, 2.05) is 30.3 Å². The minimum Gasteiger partial charge on any atom is -0.508 e. The average molecular weight is 562 g/mol. The Morgan fingerprint density at radius 3 is 2.15 bits per heavy atom. The molecule has 0 bridgehead atoms. The zero-order valence-corrected chi connectivity index (χ0v) is 22.0. The lowest BCUT2D eigenvalue weighted by Gasteiger charge is -2.26. The molecule has 5 rings (SSSR count). The first-order valence-electron chi connectivity index (χ1n) is 11.7. The van der Waals surface area contributed by atoms with Crippen molar-refractivity contribution in [1.29, 1.82) is 0 Å². The Kier molecular flexibility index (Phi) is 7.19. The van der Waals surface area contributed by atoms with Gasteiger partial charge in [-0.05, 0) is 66.2 Å². The highest BCUT2D eigenvalue weighted by Crippen LogP contribution is 2.45. The lowest BCUT2D eigenvalue weighted by molar-refractivity contribution is -0.132. The maximum absolute atomic E-state index is 13.4. The van der Waals surface area contributed by atoms with Crippen LogP contribution in [0.15, 0.2) is 96.6 Å². The average Bonchev–Trinajstić information content (AvgIpc) is 3.19. The smallest absolute Gasteiger partial charge is 0.300 e. The summed E-state index contributed by atoms with van der Waals surface area (Å²) in [4.78, 5) is 28.2. The molecule has 7 nitrogen and oxygen atoms in total. The first-order valence-corrected chi connectivity index (χ1v) is 12.5. The SMILES string of the molecule is COc1c(Cl)cc(Cl)cc1/C(O)=C1\C(=O)C(=O)N(c2ccc(Oc3ccccc3)cc2)C1c1ccc(O)cc1. The van der Waals surface area contributed by atoms with Crippen LogP contribution in [0.1, 0.15) is 17.2 Å². The molecule has 4 aromatic carbocycles. The van der Waals surface area contributed by atoms with Gasteiger partial charge < -0.3 is 19.7 Å². The summed E-state index contributed by atoms with van der Waals surface area (Å²) < 4.78 is 11.2. The van der Waals surface area contributed by atoms with Crippen LogP contribution in [0.25, 0.3) is 5.76 Å². The largest absolute Gasteiger partial charge is 0.508 e. The number of hydrogen-bond donors (Lipinski definition) is 2. The molecular weight excluding hydrogens is 541 g/mol. The van der Waals surface area contributed by atoms with Crippen LogP contribution < -0.4 is 14.4 Å². The normalized spacial score (nSPS) is 16.4. The van der Waals surface area contributed by atoms with E-state index in [4.69, 9.17) is 32.7 Å². The quantitative estimate of drug-likeness (QED) is 0.148. The van der Waals surface area contributed by atoms with Crippen LogP contribution in [0.4, 0.5) is 5.69 Å². The summed E-state index contributed by atoms with van der Waals surface area (Å²) >= 11 is 12.5. The fraction of sp³-hybridized carbons (Fsp3) is 0.0667. The van der Waals surface area contributed by atoms with Crippen molar-refractivity contribution < 1.29 is 29.3 Å². The van der Waals surface area contributed by atoms with Gasteiger partial charge in [-0.15, -0.1) is 0 Å². The monoisotopic (exact) mass is 561 g/mol. The summed E-state index contributed by atoms with van der Waals surface area (Å²) in [5.74, 6) is -0.992. The molecule has 0 radical (unpaired) electrons. The van der Waals surface area contributed by atoms with Crippen LogP contribution >= 0.6 is 23.2 Å². The maximum atomic E-state index is 13.4. The van der Waals surface area contributed by atoms with E-state index in [0.29, 0.717) is 22.7 Å². The second-order valence-electron chi connectivity index (χ2n) is 8.64. The fourth-order valence-corrected chi connectivity index (χ4v) is 5.03. The maximum Gasteiger partial charge on any atom is 0.300 e. The fourth-order valence-electron chi connectivity index (χ4n) is 4.46. The molecule has 1 unspecified atom stereocenters. The summed E-state index contributed by atoms with van der Waals surface area (Å²) in [6.45, 7) is 0. The van der Waals surface area contributed by atoms with Gasteiger partial charge in [0.1, 0.15) is 28.8 Å². The number of para-hydroxylation sites is 1. The number of rotatable bonds is 6. The molecule has 1 aliphatic heterocycles. The zero-order valence-electron chi connectivity index (χ0n) is 20.5. The summed E-state index contributed by atoms with van der Waals surface area (Å²) in [7, 11) is 1.36. The number of aliphatic hydroxyl groups excluding tert-OH is 1. The van der Waals surface area contributed by atoms with Crippen molar-refractivity contribution in [1.82, 2.24) is 0 Å². The van der Waals surface area contributed by atoms with E-state index < -0.39 is 23.5 Å². The number of anilines is 1. The number of benzene rings is 4. The molecule has 196 valence electrons. The van der Waals surface area contributed by atoms with Crippen molar-refractivity contribution in [3.63, 3.8) is 0 Å². The van der Waals surface area contributed by atoms with Gasteiger partial charge in [0.15, 0.2) is 0 Å². The van der Waals surface area contributed by atoms with Crippen LogP contribution in [0.3, 0.4) is 0 Å². The lowest BCUT2D eigenvalue weighted by Crippen LogP contribution is -2.29. The number of nitrogens with zero attached hydrogens (tertiary/aromatic N) is 1. The van der Waals surface area contributed by atoms with Crippen molar-refractivity contribution in [3.8, 4) is 23.0 Å². The van der Waals surface area contributed by atoms with Gasteiger partial charge >= 0.3 is 0 Å². The molecule has 39 heavy (non-hydrogen) atoms. The number of methoxy groups -OCH3 is 1. The van der Waals surface area contributed by atoms with Gasteiger partial charge in [-0.2, -0.15) is 0 Å². The first-order chi connectivity index (χ1) is 18.8. The molecule has 1 saturated heterocycles. The number of carbonyl (C=O) groups excluding carboxylic acids is 2. The third-order valence-electron chi connectivity index (χ3n) is 6.21. The Balaban J connectivity index is 1.64. The molecule has 0 spiro atoms. The molecule has 1 fully saturated rings. The van der Waals surface area contributed by atoms with Crippen molar-refractivity contribution in [2.75, 3.05) is 12.0 Å². The number of phenols is 1. The van der Waals surface area contributed by atoms with Crippen molar-refractivity contribution in [3.05, 3.63) is 118 Å². The summed E-state index contributed by atoms with van der Waals surface area (Å²) in [6, 6.07) is 23.7. The number of hydrogen-bond acceptors (Lipinski definition) is 6. The second kappa shape index (κ2) is 10.7. The van der Waals surface area contributed by atoms with E-state index in [9.17, 15) is 19.8 Å². The molecule has 9 heteroatoms. The summed E-state index contributed by atoms with van der Waals surface area (Å²) in [5, 5.41) is 21.6. The Labute approximate surface area is 234 Å². The van der Waals surface area contributed by atoms with Crippen LogP contribution in [0.5, 0.6) is 23.0 Å². The predicted octanol–water partition coefficient (Wildman–Crippen LogP) is 7.13. The topological polar surface area (TPSA) is 96.3 Å². The number of carbonyl (C=O) groups is 2. The van der Waals surface area contributed by atoms with Crippen molar-refractivity contribution in [2.24, 2.45) is 0 Å². The Bertz CT molecular complexity index is 1580. The van der Waals surface area contributed by atoms with Gasteiger partial charge in [0, 0.05) is 10.7 Å². The van der Waals surface area contributed by atoms with Gasteiger partial charge in [-0.25, -0.2) is 0 Å². The number of aliphatic hydroxyl groups is 1. The summed E-state index contributed by atoms with van der Waals surface area (Å²) in [6.07, 6.45) is 0. The number of Topliss-reactive ketones (excluding diaryl/α,β-unsaturated/α-hetero) is 1. The second-order valence-corrected chi connectivity index (χ2v) is 9.48. The first kappa shape index (κ1) is 26.2. The Morgan fingerprint density at radius 1 is 0.872 bits per heavy atom. The van der Waals surface area contributed by atoms with Crippen molar-refractivity contribution >= 4 is 46.3 Å². The molecule has 1 aliphatic rings. The van der Waals surface area contributed by atoms with E-state index in [-0.39, 0.29) is 32.7 Å². The molecule has 4 aromatic rings. The van der Waals surface area contributed by atoms with E-state index >= 15 is 0 Å². The van der Waals surface area contributed by atoms with Gasteiger partial charge in [0.2, 0.25) is 0 Å².